The number of hydrogen-bond acceptors (Lipinski definition) is 3. The number of carbonyl (C=O) groups is 1. The first-order valence-corrected chi connectivity index (χ1v) is 4.84. The standard InChI is InChI=1S/C10H7F4N3O/c1-5(11)8(18)17-3-6-2-15-9(10(12,13)14)16-7(6)4-17/h2H,1,3-4H2. The molecule has 0 aromatic carbocycles. The minimum Gasteiger partial charge on any atom is -0.326 e. The molecule has 0 aliphatic carbocycles. The van der Waals surface area contributed by atoms with Crippen molar-refractivity contribution in [2.45, 2.75) is 19.3 Å². The first-order chi connectivity index (χ1) is 8.29. The second kappa shape index (κ2) is 4.04. The number of amides is 1. The van der Waals surface area contributed by atoms with E-state index in [9.17, 15) is 22.4 Å². The largest absolute Gasteiger partial charge is 0.451 e. The maximum Gasteiger partial charge on any atom is 0.451 e. The van der Waals surface area contributed by atoms with E-state index in [1.165, 1.54) is 0 Å². The number of halogens is 4. The fourth-order valence-electron chi connectivity index (χ4n) is 1.61. The molecule has 0 spiro atoms. The summed E-state index contributed by atoms with van der Waals surface area (Å²) < 4.78 is 49.7. The quantitative estimate of drug-likeness (QED) is 0.572. The molecule has 2 rings (SSSR count). The third-order valence-corrected chi connectivity index (χ3v) is 2.43. The van der Waals surface area contributed by atoms with Gasteiger partial charge in [-0.15, -0.1) is 0 Å². The third kappa shape index (κ3) is 2.18. The molecular formula is C10H7F4N3O. The molecule has 1 aromatic rings. The van der Waals surface area contributed by atoms with Crippen molar-refractivity contribution in [2.75, 3.05) is 0 Å². The summed E-state index contributed by atoms with van der Waals surface area (Å²) in [7, 11) is 0. The van der Waals surface area contributed by atoms with Crippen LogP contribution in [0.3, 0.4) is 0 Å². The molecule has 1 amide bonds. The first-order valence-electron chi connectivity index (χ1n) is 4.84. The molecule has 18 heavy (non-hydrogen) atoms. The maximum atomic E-state index is 12.6. The van der Waals surface area contributed by atoms with Crippen molar-refractivity contribution in [3.8, 4) is 0 Å². The van der Waals surface area contributed by atoms with Gasteiger partial charge in [-0.1, -0.05) is 6.58 Å². The molecule has 0 atom stereocenters. The molecule has 0 unspecified atom stereocenters. The number of carbonyl (C=O) groups excluding carboxylic acids is 1. The van der Waals surface area contributed by atoms with Gasteiger partial charge < -0.3 is 4.90 Å². The van der Waals surface area contributed by atoms with Crippen LogP contribution in [0.15, 0.2) is 18.6 Å². The highest BCUT2D eigenvalue weighted by Gasteiger charge is 2.36. The molecule has 8 heteroatoms. The van der Waals surface area contributed by atoms with Crippen molar-refractivity contribution in [2.24, 2.45) is 0 Å². The topological polar surface area (TPSA) is 46.1 Å². The summed E-state index contributed by atoms with van der Waals surface area (Å²) in [5.74, 6) is -3.39. The van der Waals surface area contributed by atoms with Gasteiger partial charge in [-0.05, 0) is 0 Å². The fraction of sp³-hybridized carbons (Fsp3) is 0.300. The van der Waals surface area contributed by atoms with Gasteiger partial charge in [-0.3, -0.25) is 4.79 Å². The van der Waals surface area contributed by atoms with Crippen LogP contribution in [0, 0.1) is 0 Å². The Morgan fingerprint density at radius 2 is 2.06 bits per heavy atom. The van der Waals surface area contributed by atoms with Gasteiger partial charge in [-0.25, -0.2) is 14.4 Å². The Labute approximate surface area is 98.9 Å². The molecule has 0 N–H and O–H groups in total. The summed E-state index contributed by atoms with van der Waals surface area (Å²) in [6.45, 7) is 2.65. The molecule has 0 radical (unpaired) electrons. The second-order valence-corrected chi connectivity index (χ2v) is 3.73. The van der Waals surface area contributed by atoms with Gasteiger partial charge in [-0.2, -0.15) is 13.2 Å². The smallest absolute Gasteiger partial charge is 0.326 e. The van der Waals surface area contributed by atoms with E-state index in [2.05, 4.69) is 16.5 Å². The lowest BCUT2D eigenvalue weighted by atomic mass is 10.3. The van der Waals surface area contributed by atoms with Gasteiger partial charge in [0.1, 0.15) is 0 Å². The average molecular weight is 261 g/mol. The Kier molecular flexibility index (Phi) is 2.80. The number of aromatic nitrogens is 2. The zero-order valence-electron chi connectivity index (χ0n) is 8.96. The van der Waals surface area contributed by atoms with Crippen LogP contribution in [0.1, 0.15) is 17.1 Å². The number of alkyl halides is 3. The predicted octanol–water partition coefficient (Wildman–Crippen LogP) is 1.82. The molecule has 2 heterocycles. The SMILES string of the molecule is C=C(F)C(=O)N1Cc2cnc(C(F)(F)F)nc2C1. The van der Waals surface area contributed by atoms with Gasteiger partial charge in [0.05, 0.1) is 12.2 Å². The molecule has 0 fully saturated rings. The van der Waals surface area contributed by atoms with Crippen LogP contribution in [-0.2, 0) is 24.1 Å². The van der Waals surface area contributed by atoms with Crippen LogP contribution >= 0.6 is 0 Å². The number of nitrogens with zero attached hydrogens (tertiary/aromatic N) is 3. The zero-order valence-corrected chi connectivity index (χ0v) is 8.96. The lowest BCUT2D eigenvalue weighted by Gasteiger charge is -2.12. The highest BCUT2D eigenvalue weighted by molar-refractivity contribution is 5.90. The van der Waals surface area contributed by atoms with E-state index in [0.717, 1.165) is 11.1 Å². The summed E-state index contributed by atoms with van der Waals surface area (Å²) in [5, 5.41) is 0. The Hall–Kier alpha value is -1.99. The zero-order chi connectivity index (χ0) is 13.5. The van der Waals surface area contributed by atoms with Gasteiger partial charge in [0.2, 0.25) is 5.82 Å². The molecular weight excluding hydrogens is 254 g/mol. The Morgan fingerprint density at radius 3 is 2.61 bits per heavy atom. The minimum absolute atomic E-state index is 0.0186. The Morgan fingerprint density at radius 1 is 1.39 bits per heavy atom. The molecule has 0 bridgehead atoms. The molecule has 1 aliphatic heterocycles. The van der Waals surface area contributed by atoms with Gasteiger partial charge in [0, 0.05) is 18.3 Å². The molecule has 1 aromatic heterocycles. The predicted molar refractivity (Wildman–Crippen MR) is 51.5 cm³/mol. The van der Waals surface area contributed by atoms with Crippen molar-refractivity contribution in [3.63, 3.8) is 0 Å². The molecule has 0 saturated heterocycles. The summed E-state index contributed by atoms with van der Waals surface area (Å²) in [6.07, 6.45) is -3.64. The van der Waals surface area contributed by atoms with E-state index in [-0.39, 0.29) is 18.8 Å². The monoisotopic (exact) mass is 261 g/mol. The summed E-state index contributed by atoms with van der Waals surface area (Å²) >= 11 is 0. The van der Waals surface area contributed by atoms with E-state index in [0.29, 0.717) is 5.56 Å². The van der Waals surface area contributed by atoms with Gasteiger partial charge in [0.25, 0.3) is 5.91 Å². The van der Waals surface area contributed by atoms with Crippen molar-refractivity contribution in [3.05, 3.63) is 35.7 Å². The highest BCUT2D eigenvalue weighted by atomic mass is 19.4. The highest BCUT2D eigenvalue weighted by Crippen LogP contribution is 2.29. The van der Waals surface area contributed by atoms with Crippen LogP contribution in [0.5, 0.6) is 0 Å². The number of fused-ring (bicyclic) bond motifs is 1. The van der Waals surface area contributed by atoms with Crippen LogP contribution < -0.4 is 0 Å². The van der Waals surface area contributed by atoms with Crippen LogP contribution in [0.4, 0.5) is 17.6 Å². The van der Waals surface area contributed by atoms with Gasteiger partial charge >= 0.3 is 6.18 Å². The third-order valence-electron chi connectivity index (χ3n) is 2.43. The average Bonchev–Trinajstić information content (AvgIpc) is 2.68. The molecule has 96 valence electrons. The maximum absolute atomic E-state index is 12.6. The van der Waals surface area contributed by atoms with Crippen molar-refractivity contribution < 1.29 is 22.4 Å². The molecule has 4 nitrogen and oxygen atoms in total. The molecule has 1 aliphatic rings. The van der Waals surface area contributed by atoms with E-state index in [4.69, 9.17) is 0 Å². The minimum atomic E-state index is -4.64. The van der Waals surface area contributed by atoms with Crippen LogP contribution in [0.2, 0.25) is 0 Å². The van der Waals surface area contributed by atoms with Gasteiger partial charge in [0.15, 0.2) is 5.83 Å². The van der Waals surface area contributed by atoms with Crippen molar-refractivity contribution in [1.82, 2.24) is 14.9 Å². The van der Waals surface area contributed by atoms with E-state index < -0.39 is 23.7 Å². The van der Waals surface area contributed by atoms with Crippen molar-refractivity contribution >= 4 is 5.91 Å². The number of rotatable bonds is 1. The van der Waals surface area contributed by atoms with E-state index in [1.807, 2.05) is 0 Å². The Bertz CT molecular complexity index is 526. The van der Waals surface area contributed by atoms with Crippen LogP contribution in [-0.4, -0.2) is 20.8 Å². The fourth-order valence-corrected chi connectivity index (χ4v) is 1.61. The normalized spacial score (nSPS) is 14.6. The Balaban J connectivity index is 2.26. The van der Waals surface area contributed by atoms with E-state index >= 15 is 0 Å². The van der Waals surface area contributed by atoms with E-state index in [1.54, 1.807) is 0 Å². The van der Waals surface area contributed by atoms with Crippen LogP contribution in [0.25, 0.3) is 0 Å². The first kappa shape index (κ1) is 12.5. The number of hydrogen-bond donors (Lipinski definition) is 0. The van der Waals surface area contributed by atoms with Crippen molar-refractivity contribution in [1.29, 1.82) is 0 Å². The lowest BCUT2D eigenvalue weighted by Crippen LogP contribution is -2.25. The molecule has 0 saturated carbocycles. The second-order valence-electron chi connectivity index (χ2n) is 3.73. The summed E-state index contributed by atoms with van der Waals surface area (Å²) in [6, 6.07) is 0. The lowest BCUT2D eigenvalue weighted by molar-refractivity contribution is -0.145. The summed E-state index contributed by atoms with van der Waals surface area (Å²) in [4.78, 5) is 18.8. The summed E-state index contributed by atoms with van der Waals surface area (Å²) in [5.41, 5.74) is 0.449.